The summed E-state index contributed by atoms with van der Waals surface area (Å²) in [6.07, 6.45) is 0. The molecule has 4 heterocycles. The minimum atomic E-state index is 0.605. The first kappa shape index (κ1) is 63.1. The van der Waals surface area contributed by atoms with Crippen molar-refractivity contribution in [1.29, 1.82) is 0 Å². The maximum absolute atomic E-state index is 6.76. The molecule has 0 saturated carbocycles. The van der Waals surface area contributed by atoms with Gasteiger partial charge in [0, 0.05) is 100 Å². The zero-order valence-corrected chi connectivity index (χ0v) is 58.3. The van der Waals surface area contributed by atoms with Gasteiger partial charge in [-0.2, -0.15) is 0 Å². The molecule has 0 saturated heterocycles. The van der Waals surface area contributed by atoms with Crippen LogP contribution in [0.1, 0.15) is 0 Å². The number of para-hydroxylation sites is 3. The molecule has 0 unspecified atom stereocenters. The molecule has 0 aliphatic carbocycles. The van der Waals surface area contributed by atoms with Crippen LogP contribution in [0.25, 0.3) is 166 Å². The number of hydrogen-bond donors (Lipinski definition) is 0. The Hall–Kier alpha value is -14.7. The Kier molecular flexibility index (Phi) is 15.7. The highest BCUT2D eigenvalue weighted by molar-refractivity contribution is 6.24. The van der Waals surface area contributed by atoms with Crippen molar-refractivity contribution in [2.45, 2.75) is 0 Å². The lowest BCUT2D eigenvalue weighted by Crippen LogP contribution is -2.10. The van der Waals surface area contributed by atoms with E-state index in [0.717, 1.165) is 149 Å². The Morgan fingerprint density at radius 2 is 0.556 bits per heavy atom. The first-order chi connectivity index (χ1) is 53.5. The molecule has 0 bridgehead atoms. The Bertz CT molecular complexity index is 6950. The van der Waals surface area contributed by atoms with Gasteiger partial charge in [0.05, 0.1) is 22.6 Å². The first-order valence-corrected chi connectivity index (χ1v) is 36.3. The third-order valence-electron chi connectivity index (χ3n) is 20.5. The second-order valence-corrected chi connectivity index (χ2v) is 27.1. The molecule has 17 aromatic carbocycles. The van der Waals surface area contributed by atoms with Crippen LogP contribution in [0.4, 0.5) is 34.1 Å². The topological polar surface area (TPSA) is 97.2 Å². The van der Waals surface area contributed by atoms with Gasteiger partial charge in [-0.1, -0.05) is 273 Å². The molecular weight excluding hydrogens is 1320 g/mol. The summed E-state index contributed by atoms with van der Waals surface area (Å²) in [6, 6.07) is 133. The Morgan fingerprint density at radius 3 is 1.10 bits per heavy atom. The van der Waals surface area contributed by atoms with Gasteiger partial charge in [0.2, 0.25) is 0 Å². The fourth-order valence-corrected chi connectivity index (χ4v) is 15.4. The van der Waals surface area contributed by atoms with Gasteiger partial charge in [0.1, 0.15) is 22.3 Å². The molecule has 0 radical (unpaired) electrons. The maximum atomic E-state index is 6.76. The highest BCUT2D eigenvalue weighted by Crippen LogP contribution is 2.48. The standard InChI is InChI=1S/C52H33N3O.C47H30N4O/c1-3-13-34(14-4-1)36-23-27-40(28-24-36)55(41-29-25-35-15-7-8-18-38(35)31-41)47-33-49-50(43-20-10-9-19-42(43)47)45-32-39(26-30-48(45)56-49)52-53-46-22-12-11-21-44(46)51(54-52)37-16-5-2-6-17-37;1-4-15-32(16-5-1)45-48-46(34-25-24-31-14-10-11-17-33(31)28-34)50-47(49-45)35-26-27-42-40(29-35)44-39-23-13-12-22-38(39)41(30-43(44)52-42)51(36-18-6-2-7-19-36)37-20-8-3-9-21-37/h1-33H;1-30H. The van der Waals surface area contributed by atoms with E-state index in [-0.39, 0.29) is 0 Å². The average molecular weight is 1380 g/mol. The number of rotatable bonds is 12. The summed E-state index contributed by atoms with van der Waals surface area (Å²) in [4.78, 5) is 30.0. The van der Waals surface area contributed by atoms with Gasteiger partial charge < -0.3 is 18.6 Å². The lowest BCUT2D eigenvalue weighted by Gasteiger charge is -2.27. The zero-order valence-electron chi connectivity index (χ0n) is 58.3. The van der Waals surface area contributed by atoms with E-state index in [1.165, 1.54) is 27.3 Å². The van der Waals surface area contributed by atoms with Crippen LogP contribution in [0.2, 0.25) is 0 Å². The molecule has 108 heavy (non-hydrogen) atoms. The maximum Gasteiger partial charge on any atom is 0.164 e. The van der Waals surface area contributed by atoms with Gasteiger partial charge >= 0.3 is 0 Å². The second kappa shape index (κ2) is 26.9. The highest BCUT2D eigenvalue weighted by Gasteiger charge is 2.25. The van der Waals surface area contributed by atoms with Crippen LogP contribution in [0.3, 0.4) is 0 Å². The van der Waals surface area contributed by atoms with Crippen LogP contribution >= 0.6 is 0 Å². The van der Waals surface area contributed by atoms with Crippen LogP contribution in [0.5, 0.6) is 0 Å². The monoisotopic (exact) mass is 1380 g/mol. The molecule has 9 nitrogen and oxygen atoms in total. The van der Waals surface area contributed by atoms with E-state index in [0.29, 0.717) is 23.3 Å². The molecular formula is C99H63N7O2. The van der Waals surface area contributed by atoms with Crippen LogP contribution in [0.15, 0.2) is 391 Å². The number of nitrogens with zero attached hydrogens (tertiary/aromatic N) is 7. The minimum absolute atomic E-state index is 0.605. The Balaban J connectivity index is 0.000000143. The fourth-order valence-electron chi connectivity index (χ4n) is 15.4. The number of fused-ring (bicyclic) bond motifs is 13. The van der Waals surface area contributed by atoms with Crippen molar-refractivity contribution in [3.8, 4) is 67.9 Å². The fraction of sp³-hybridized carbons (Fsp3) is 0. The van der Waals surface area contributed by atoms with Crippen LogP contribution in [0, 0.1) is 0 Å². The van der Waals surface area contributed by atoms with Crippen molar-refractivity contribution >= 4 is 132 Å². The zero-order chi connectivity index (χ0) is 71.4. The second-order valence-electron chi connectivity index (χ2n) is 27.1. The van der Waals surface area contributed by atoms with E-state index in [4.69, 9.17) is 33.8 Å². The van der Waals surface area contributed by atoms with Crippen LogP contribution in [-0.4, -0.2) is 24.9 Å². The summed E-state index contributed by atoms with van der Waals surface area (Å²) in [7, 11) is 0. The molecule has 21 rings (SSSR count). The predicted molar refractivity (Wildman–Crippen MR) is 446 cm³/mol. The summed E-state index contributed by atoms with van der Waals surface area (Å²) in [6.45, 7) is 0. The summed E-state index contributed by atoms with van der Waals surface area (Å²) in [5, 5.41) is 14.4. The summed E-state index contributed by atoms with van der Waals surface area (Å²) >= 11 is 0. The SMILES string of the molecule is c1ccc(-c2ccc(N(c3ccc4ccccc4c3)c3cc4oc5ccc(-c6nc(-c7ccccc7)c7ccccc7n6)cc5c4c4ccccc34)cc2)cc1.c1ccc(-c2nc(-c3ccc4ccccc4c3)nc(-c3ccc4oc5cc(N(c6ccccc6)c6ccccc6)c6ccccc6c5c4c3)n2)cc1. The van der Waals surface area contributed by atoms with Crippen LogP contribution < -0.4 is 9.80 Å². The summed E-state index contributed by atoms with van der Waals surface area (Å²) < 4.78 is 13.4. The lowest BCUT2D eigenvalue weighted by atomic mass is 9.99. The molecule has 0 amide bonds. The molecule has 0 N–H and O–H groups in total. The van der Waals surface area contributed by atoms with Crippen molar-refractivity contribution < 1.29 is 8.83 Å². The van der Waals surface area contributed by atoms with Gasteiger partial charge in [0.25, 0.3) is 0 Å². The van der Waals surface area contributed by atoms with E-state index >= 15 is 0 Å². The molecule has 506 valence electrons. The minimum Gasteiger partial charge on any atom is -0.456 e. The number of hydrogen-bond acceptors (Lipinski definition) is 9. The average Bonchev–Trinajstić information content (AvgIpc) is 1.56. The lowest BCUT2D eigenvalue weighted by molar-refractivity contribution is 0.669. The first-order valence-electron chi connectivity index (χ1n) is 36.3. The van der Waals surface area contributed by atoms with E-state index < -0.39 is 0 Å². The highest BCUT2D eigenvalue weighted by atomic mass is 16.3. The molecule has 0 aliphatic rings. The van der Waals surface area contributed by atoms with E-state index in [9.17, 15) is 0 Å². The van der Waals surface area contributed by atoms with Crippen molar-refractivity contribution in [3.05, 3.63) is 382 Å². The van der Waals surface area contributed by atoms with E-state index in [1.54, 1.807) is 0 Å². The molecule has 0 atom stereocenters. The largest absolute Gasteiger partial charge is 0.456 e. The predicted octanol–water partition coefficient (Wildman–Crippen LogP) is 26.9. The van der Waals surface area contributed by atoms with Gasteiger partial charge in [-0.25, -0.2) is 24.9 Å². The van der Waals surface area contributed by atoms with Gasteiger partial charge in [-0.05, 0) is 141 Å². The Labute approximate surface area is 621 Å². The quantitative estimate of drug-likeness (QED) is 0.118. The molecule has 4 aromatic heterocycles. The van der Waals surface area contributed by atoms with Gasteiger partial charge in [0.15, 0.2) is 23.3 Å². The Morgan fingerprint density at radius 1 is 0.194 bits per heavy atom. The van der Waals surface area contributed by atoms with Crippen molar-refractivity contribution in [2.75, 3.05) is 9.80 Å². The van der Waals surface area contributed by atoms with Crippen molar-refractivity contribution in [2.24, 2.45) is 0 Å². The number of benzene rings is 17. The summed E-state index contributed by atoms with van der Waals surface area (Å²) in [5.41, 5.74) is 18.6. The number of anilines is 6. The summed E-state index contributed by atoms with van der Waals surface area (Å²) in [5.74, 6) is 2.54. The third-order valence-corrected chi connectivity index (χ3v) is 20.5. The molecule has 0 fully saturated rings. The molecule has 0 spiro atoms. The van der Waals surface area contributed by atoms with Crippen molar-refractivity contribution in [3.63, 3.8) is 0 Å². The number of furan rings is 2. The molecule has 21 aromatic rings. The van der Waals surface area contributed by atoms with Gasteiger partial charge in [-0.15, -0.1) is 0 Å². The van der Waals surface area contributed by atoms with Crippen molar-refractivity contribution in [1.82, 2.24) is 24.9 Å². The number of aromatic nitrogens is 5. The smallest absolute Gasteiger partial charge is 0.164 e. The van der Waals surface area contributed by atoms with E-state index in [2.05, 4.69) is 319 Å². The normalized spacial score (nSPS) is 11.5. The van der Waals surface area contributed by atoms with Gasteiger partial charge in [-0.3, -0.25) is 0 Å². The van der Waals surface area contributed by atoms with E-state index in [1.807, 2.05) is 72.8 Å². The molecule has 9 heteroatoms. The molecule has 0 aliphatic heterocycles. The van der Waals surface area contributed by atoms with Crippen LogP contribution in [-0.2, 0) is 0 Å². The third kappa shape index (κ3) is 11.5.